The number of hydrogen-bond donors (Lipinski definition) is 1. The Balaban J connectivity index is 2.24. The highest BCUT2D eigenvalue weighted by atomic mass is 19.2. The summed E-state index contributed by atoms with van der Waals surface area (Å²) in [5.74, 6) is -3.73. The van der Waals surface area contributed by atoms with Crippen molar-refractivity contribution in [1.29, 1.82) is 0 Å². The minimum Gasteiger partial charge on any atom is -0.358 e. The van der Waals surface area contributed by atoms with Crippen LogP contribution in [0.25, 0.3) is 10.9 Å². The van der Waals surface area contributed by atoms with Crippen molar-refractivity contribution in [2.75, 3.05) is 13.6 Å². The lowest BCUT2D eigenvalue weighted by molar-refractivity contribution is 0.255. The molecule has 1 unspecified atom stereocenters. The average Bonchev–Trinajstić information content (AvgIpc) is 2.84. The molecule has 1 aromatic heterocycles. The highest BCUT2D eigenvalue weighted by Gasteiger charge is 2.17. The van der Waals surface area contributed by atoms with Gasteiger partial charge in [-0.25, -0.2) is 13.2 Å². The van der Waals surface area contributed by atoms with Crippen LogP contribution in [0.5, 0.6) is 0 Å². The molecule has 0 bridgehead atoms. The second-order valence-corrected chi connectivity index (χ2v) is 5.21. The van der Waals surface area contributed by atoms with Gasteiger partial charge in [0.15, 0.2) is 17.5 Å². The number of halogens is 3. The van der Waals surface area contributed by atoms with E-state index in [1.165, 1.54) is 0 Å². The molecule has 0 saturated heterocycles. The molecule has 0 aliphatic rings. The molecule has 2 rings (SSSR count). The van der Waals surface area contributed by atoms with E-state index in [4.69, 9.17) is 0 Å². The van der Waals surface area contributed by atoms with Gasteiger partial charge in [0, 0.05) is 24.2 Å². The topological polar surface area (TPSA) is 19.0 Å². The van der Waals surface area contributed by atoms with Gasteiger partial charge in [-0.1, -0.05) is 6.92 Å². The third-order valence-corrected chi connectivity index (χ3v) is 3.98. The van der Waals surface area contributed by atoms with Gasteiger partial charge in [-0.3, -0.25) is 0 Å². The van der Waals surface area contributed by atoms with E-state index in [2.05, 4.69) is 23.7 Å². The van der Waals surface area contributed by atoms with E-state index in [1.807, 2.05) is 7.05 Å². The van der Waals surface area contributed by atoms with Crippen molar-refractivity contribution >= 4 is 10.9 Å². The summed E-state index contributed by atoms with van der Waals surface area (Å²) < 4.78 is 40.1. The SMILES string of the molecule is CCC(C)N(C)CCc1c[nH]c2c(F)c(F)c(F)cc12. The summed E-state index contributed by atoms with van der Waals surface area (Å²) in [7, 11) is 2.02. The smallest absolute Gasteiger partial charge is 0.196 e. The fourth-order valence-electron chi connectivity index (χ4n) is 2.26. The number of fused-ring (bicyclic) bond motifs is 1. The van der Waals surface area contributed by atoms with Crippen LogP contribution in [0.15, 0.2) is 12.3 Å². The zero-order valence-electron chi connectivity index (χ0n) is 11.9. The maximum absolute atomic E-state index is 13.6. The molecule has 5 heteroatoms. The van der Waals surface area contributed by atoms with Crippen LogP contribution in [0.1, 0.15) is 25.8 Å². The van der Waals surface area contributed by atoms with Crippen LogP contribution in [-0.4, -0.2) is 29.5 Å². The number of aromatic amines is 1. The Morgan fingerprint density at radius 3 is 2.60 bits per heavy atom. The van der Waals surface area contributed by atoms with Gasteiger partial charge < -0.3 is 9.88 Å². The predicted molar refractivity (Wildman–Crippen MR) is 74.3 cm³/mol. The fourth-order valence-corrected chi connectivity index (χ4v) is 2.26. The maximum Gasteiger partial charge on any atom is 0.196 e. The normalized spacial score (nSPS) is 13.3. The molecule has 1 N–H and O–H groups in total. The Morgan fingerprint density at radius 1 is 1.25 bits per heavy atom. The van der Waals surface area contributed by atoms with Crippen molar-refractivity contribution in [3.63, 3.8) is 0 Å². The van der Waals surface area contributed by atoms with Crippen LogP contribution in [0.4, 0.5) is 13.2 Å². The van der Waals surface area contributed by atoms with Crippen molar-refractivity contribution in [2.24, 2.45) is 0 Å². The first-order chi connectivity index (χ1) is 9.45. The molecule has 2 aromatic rings. The lowest BCUT2D eigenvalue weighted by Gasteiger charge is -2.23. The Kier molecular flexibility index (Phi) is 4.38. The molecule has 20 heavy (non-hydrogen) atoms. The van der Waals surface area contributed by atoms with E-state index in [1.54, 1.807) is 6.20 Å². The summed E-state index contributed by atoms with van der Waals surface area (Å²) in [6.45, 7) is 5.02. The molecule has 0 aliphatic heterocycles. The number of likely N-dealkylation sites (N-methyl/N-ethyl adjacent to an activating group) is 1. The van der Waals surface area contributed by atoms with Crippen molar-refractivity contribution < 1.29 is 13.2 Å². The average molecular weight is 284 g/mol. The maximum atomic E-state index is 13.6. The van der Waals surface area contributed by atoms with Gasteiger partial charge in [0.2, 0.25) is 0 Å². The first-order valence-corrected chi connectivity index (χ1v) is 6.79. The van der Waals surface area contributed by atoms with Gasteiger partial charge in [0.05, 0.1) is 5.52 Å². The number of rotatable bonds is 5. The monoisotopic (exact) mass is 284 g/mol. The van der Waals surface area contributed by atoms with Gasteiger partial charge in [-0.15, -0.1) is 0 Å². The number of nitrogens with one attached hydrogen (secondary N) is 1. The van der Waals surface area contributed by atoms with Gasteiger partial charge in [0.1, 0.15) is 0 Å². The molecule has 2 nitrogen and oxygen atoms in total. The van der Waals surface area contributed by atoms with Gasteiger partial charge in [0.25, 0.3) is 0 Å². The highest BCUT2D eigenvalue weighted by Crippen LogP contribution is 2.25. The lowest BCUT2D eigenvalue weighted by atomic mass is 10.1. The van der Waals surface area contributed by atoms with Gasteiger partial charge in [-0.05, 0) is 38.4 Å². The van der Waals surface area contributed by atoms with Crippen molar-refractivity contribution in [3.05, 3.63) is 35.3 Å². The van der Waals surface area contributed by atoms with Gasteiger partial charge in [-0.2, -0.15) is 0 Å². The number of nitrogens with zero attached hydrogens (tertiary/aromatic N) is 1. The van der Waals surface area contributed by atoms with E-state index in [-0.39, 0.29) is 5.52 Å². The van der Waals surface area contributed by atoms with Crippen LogP contribution in [0.2, 0.25) is 0 Å². The van der Waals surface area contributed by atoms with E-state index in [0.29, 0.717) is 17.8 Å². The fraction of sp³-hybridized carbons (Fsp3) is 0.467. The first-order valence-electron chi connectivity index (χ1n) is 6.79. The summed E-state index contributed by atoms with van der Waals surface area (Å²) in [4.78, 5) is 4.88. The Bertz CT molecular complexity index is 607. The summed E-state index contributed by atoms with van der Waals surface area (Å²) in [6, 6.07) is 1.51. The highest BCUT2D eigenvalue weighted by molar-refractivity contribution is 5.84. The lowest BCUT2D eigenvalue weighted by Crippen LogP contribution is -2.30. The number of H-pyrrole nitrogens is 1. The minimum atomic E-state index is -1.43. The number of hydrogen-bond acceptors (Lipinski definition) is 1. The molecule has 110 valence electrons. The predicted octanol–water partition coefficient (Wildman–Crippen LogP) is 3.86. The summed E-state index contributed by atoms with van der Waals surface area (Å²) in [5.41, 5.74) is 0.832. The van der Waals surface area contributed by atoms with E-state index in [9.17, 15) is 13.2 Å². The molecule has 0 spiro atoms. The molecule has 0 radical (unpaired) electrons. The second kappa shape index (κ2) is 5.87. The molecule has 1 atom stereocenters. The van der Waals surface area contributed by atoms with Crippen LogP contribution >= 0.6 is 0 Å². The van der Waals surface area contributed by atoms with Gasteiger partial charge >= 0.3 is 0 Å². The third kappa shape index (κ3) is 2.68. The number of benzene rings is 1. The molecule has 1 aromatic carbocycles. The van der Waals surface area contributed by atoms with Crippen LogP contribution in [0.3, 0.4) is 0 Å². The molecule has 0 saturated carbocycles. The first kappa shape index (κ1) is 14.9. The van der Waals surface area contributed by atoms with Crippen LogP contribution in [0, 0.1) is 17.5 Å². The second-order valence-electron chi connectivity index (χ2n) is 5.21. The molecular formula is C15H19F3N2. The largest absolute Gasteiger partial charge is 0.358 e. The zero-order chi connectivity index (χ0) is 14.9. The molecule has 0 amide bonds. The Morgan fingerprint density at radius 2 is 1.95 bits per heavy atom. The van der Waals surface area contributed by atoms with E-state index < -0.39 is 17.5 Å². The summed E-state index contributed by atoms with van der Waals surface area (Å²) >= 11 is 0. The molecule has 1 heterocycles. The quantitative estimate of drug-likeness (QED) is 0.826. The van der Waals surface area contributed by atoms with Crippen molar-refractivity contribution in [3.8, 4) is 0 Å². The Labute approximate surface area is 116 Å². The van der Waals surface area contributed by atoms with Crippen LogP contribution < -0.4 is 0 Å². The van der Waals surface area contributed by atoms with Crippen molar-refractivity contribution in [1.82, 2.24) is 9.88 Å². The summed E-state index contributed by atoms with van der Waals surface area (Å²) in [5, 5.41) is 0.416. The van der Waals surface area contributed by atoms with Crippen molar-refractivity contribution in [2.45, 2.75) is 32.7 Å². The van der Waals surface area contributed by atoms with E-state index in [0.717, 1.165) is 24.6 Å². The standard InChI is InChI=1S/C15H19F3N2/c1-4-9(2)20(3)6-5-10-8-19-15-11(10)7-12(16)13(17)14(15)18/h7-9,19H,4-6H2,1-3H3. The van der Waals surface area contributed by atoms with E-state index >= 15 is 0 Å². The third-order valence-electron chi connectivity index (χ3n) is 3.98. The molecule has 0 aliphatic carbocycles. The Hall–Kier alpha value is -1.49. The minimum absolute atomic E-state index is 0.0325. The van der Waals surface area contributed by atoms with Crippen LogP contribution in [-0.2, 0) is 6.42 Å². The zero-order valence-corrected chi connectivity index (χ0v) is 11.9. The molecular weight excluding hydrogens is 265 g/mol. The summed E-state index contributed by atoms with van der Waals surface area (Å²) in [6.07, 6.45) is 3.32. The number of aromatic nitrogens is 1. The molecule has 0 fully saturated rings.